The summed E-state index contributed by atoms with van der Waals surface area (Å²) in [5, 5.41) is 0. The number of rotatable bonds is 2. The summed E-state index contributed by atoms with van der Waals surface area (Å²) in [6, 6.07) is 0.172. The molecular formula is C17H29N3O3. The lowest BCUT2D eigenvalue weighted by Crippen LogP contribution is -2.49. The average Bonchev–Trinajstić information content (AvgIpc) is 2.98. The van der Waals surface area contributed by atoms with E-state index in [4.69, 9.17) is 4.74 Å². The summed E-state index contributed by atoms with van der Waals surface area (Å²) in [6.07, 6.45) is 3.93. The monoisotopic (exact) mass is 323 g/mol. The third kappa shape index (κ3) is 3.32. The van der Waals surface area contributed by atoms with E-state index in [1.165, 1.54) is 0 Å². The van der Waals surface area contributed by atoms with Crippen LogP contribution in [0.5, 0.6) is 0 Å². The van der Waals surface area contributed by atoms with E-state index in [2.05, 4.69) is 0 Å². The van der Waals surface area contributed by atoms with Crippen LogP contribution in [0.15, 0.2) is 0 Å². The molecule has 0 bridgehead atoms. The highest BCUT2D eigenvalue weighted by Crippen LogP contribution is 2.36. The molecule has 23 heavy (non-hydrogen) atoms. The lowest BCUT2D eigenvalue weighted by atomic mass is 9.75. The number of likely N-dealkylation sites (tertiary alicyclic amines) is 3. The molecule has 0 radical (unpaired) electrons. The van der Waals surface area contributed by atoms with Crippen molar-refractivity contribution in [3.63, 3.8) is 0 Å². The first-order valence-corrected chi connectivity index (χ1v) is 8.89. The van der Waals surface area contributed by atoms with Crippen LogP contribution in [0.2, 0.25) is 0 Å². The van der Waals surface area contributed by atoms with Crippen LogP contribution in [0, 0.1) is 17.8 Å². The van der Waals surface area contributed by atoms with E-state index >= 15 is 0 Å². The molecular weight excluding hydrogens is 294 g/mol. The third-order valence-corrected chi connectivity index (χ3v) is 5.79. The Morgan fingerprint density at radius 3 is 2.48 bits per heavy atom. The van der Waals surface area contributed by atoms with E-state index in [0.29, 0.717) is 25.0 Å². The summed E-state index contributed by atoms with van der Waals surface area (Å²) in [4.78, 5) is 31.0. The van der Waals surface area contributed by atoms with Crippen molar-refractivity contribution in [3.8, 4) is 0 Å². The summed E-state index contributed by atoms with van der Waals surface area (Å²) >= 11 is 0. The molecule has 0 unspecified atom stereocenters. The van der Waals surface area contributed by atoms with Crippen molar-refractivity contribution in [2.75, 3.05) is 53.5 Å². The predicted molar refractivity (Wildman–Crippen MR) is 87.0 cm³/mol. The topological polar surface area (TPSA) is 53.1 Å². The van der Waals surface area contributed by atoms with E-state index in [-0.39, 0.29) is 17.9 Å². The number of piperidine rings is 1. The Hall–Kier alpha value is -1.30. The Labute approximate surface area is 138 Å². The van der Waals surface area contributed by atoms with E-state index in [1.807, 2.05) is 21.7 Å². The number of ether oxygens (including phenoxy) is 1. The number of methoxy groups -OCH3 is 1. The number of nitrogens with zero attached hydrogens (tertiary/aromatic N) is 3. The molecule has 0 saturated carbocycles. The molecule has 0 aromatic rings. The number of hydrogen-bond donors (Lipinski definition) is 0. The largest absolute Gasteiger partial charge is 0.384 e. The molecule has 3 aliphatic heterocycles. The summed E-state index contributed by atoms with van der Waals surface area (Å²) in [5.41, 5.74) is 0. The van der Waals surface area contributed by atoms with Crippen LogP contribution in [0.1, 0.15) is 25.7 Å². The summed E-state index contributed by atoms with van der Waals surface area (Å²) in [5.74, 6) is 1.02. The van der Waals surface area contributed by atoms with Gasteiger partial charge in [-0.25, -0.2) is 4.79 Å². The lowest BCUT2D eigenvalue weighted by molar-refractivity contribution is -0.143. The minimum atomic E-state index is 0.0466. The van der Waals surface area contributed by atoms with E-state index in [1.54, 1.807) is 7.11 Å². The maximum absolute atomic E-state index is 12.6. The average molecular weight is 323 g/mol. The van der Waals surface area contributed by atoms with Crippen LogP contribution in [0.4, 0.5) is 4.79 Å². The smallest absolute Gasteiger partial charge is 0.319 e. The summed E-state index contributed by atoms with van der Waals surface area (Å²) in [7, 11) is 3.62. The van der Waals surface area contributed by atoms with Crippen molar-refractivity contribution >= 4 is 11.9 Å². The molecule has 0 aromatic heterocycles. The van der Waals surface area contributed by atoms with Crippen molar-refractivity contribution < 1.29 is 14.3 Å². The van der Waals surface area contributed by atoms with E-state index in [0.717, 1.165) is 51.9 Å². The van der Waals surface area contributed by atoms with Gasteiger partial charge >= 0.3 is 6.03 Å². The number of fused-ring (bicyclic) bond motifs is 1. The van der Waals surface area contributed by atoms with Crippen LogP contribution >= 0.6 is 0 Å². The van der Waals surface area contributed by atoms with Gasteiger partial charge in [0.2, 0.25) is 5.91 Å². The number of urea groups is 1. The molecule has 6 nitrogen and oxygen atoms in total. The fourth-order valence-electron chi connectivity index (χ4n) is 4.55. The van der Waals surface area contributed by atoms with Crippen molar-refractivity contribution in [1.29, 1.82) is 0 Å². The van der Waals surface area contributed by atoms with E-state index in [9.17, 15) is 9.59 Å². The van der Waals surface area contributed by atoms with Gasteiger partial charge in [0, 0.05) is 58.7 Å². The molecule has 0 N–H and O–H groups in total. The van der Waals surface area contributed by atoms with Gasteiger partial charge in [0.1, 0.15) is 0 Å². The number of hydrogen-bond acceptors (Lipinski definition) is 3. The van der Waals surface area contributed by atoms with Crippen LogP contribution in [0.3, 0.4) is 0 Å². The normalized spacial score (nSPS) is 32.0. The Morgan fingerprint density at radius 1 is 1.13 bits per heavy atom. The summed E-state index contributed by atoms with van der Waals surface area (Å²) in [6.45, 7) is 4.71. The van der Waals surface area contributed by atoms with Gasteiger partial charge in [0.15, 0.2) is 0 Å². The zero-order chi connectivity index (χ0) is 16.4. The van der Waals surface area contributed by atoms with Crippen molar-refractivity contribution in [1.82, 2.24) is 14.7 Å². The zero-order valence-corrected chi connectivity index (χ0v) is 14.4. The Balaban J connectivity index is 1.69. The van der Waals surface area contributed by atoms with Gasteiger partial charge in [-0.3, -0.25) is 4.79 Å². The van der Waals surface area contributed by atoms with Gasteiger partial charge < -0.3 is 19.4 Å². The maximum Gasteiger partial charge on any atom is 0.319 e. The molecule has 3 aliphatic rings. The van der Waals surface area contributed by atoms with Crippen LogP contribution in [-0.2, 0) is 9.53 Å². The minimum absolute atomic E-state index is 0.0466. The second-order valence-corrected chi connectivity index (χ2v) is 7.25. The third-order valence-electron chi connectivity index (χ3n) is 5.79. The molecule has 3 atom stereocenters. The van der Waals surface area contributed by atoms with Crippen LogP contribution in [0.25, 0.3) is 0 Å². The molecule has 3 saturated heterocycles. The zero-order valence-electron chi connectivity index (χ0n) is 14.4. The van der Waals surface area contributed by atoms with Crippen molar-refractivity contribution in [2.24, 2.45) is 17.8 Å². The highest BCUT2D eigenvalue weighted by Gasteiger charge is 2.43. The van der Waals surface area contributed by atoms with E-state index < -0.39 is 0 Å². The standard InChI is InChI=1S/C17H29N3O3/c1-18-11-13(12-23-2)14-5-9-20(10-6-15(14)16(18)21)17(22)19-7-3-4-8-19/h13-15H,3-12H2,1-2H3/t13-,14-,15-/m1/s1. The molecule has 3 heterocycles. The first-order valence-electron chi connectivity index (χ1n) is 8.89. The van der Waals surface area contributed by atoms with Gasteiger partial charge in [0.05, 0.1) is 6.61 Å². The maximum atomic E-state index is 12.6. The second-order valence-electron chi connectivity index (χ2n) is 7.25. The molecule has 0 spiro atoms. The first kappa shape index (κ1) is 16.6. The van der Waals surface area contributed by atoms with Gasteiger partial charge in [-0.05, 0) is 31.6 Å². The molecule has 3 amide bonds. The quantitative estimate of drug-likeness (QED) is 0.769. The molecule has 6 heteroatoms. The Bertz CT molecular complexity index is 450. The van der Waals surface area contributed by atoms with Gasteiger partial charge in [-0.2, -0.15) is 0 Å². The molecule has 3 rings (SSSR count). The highest BCUT2D eigenvalue weighted by atomic mass is 16.5. The minimum Gasteiger partial charge on any atom is -0.384 e. The molecule has 0 aliphatic carbocycles. The highest BCUT2D eigenvalue weighted by molar-refractivity contribution is 5.80. The SMILES string of the molecule is COC[C@H]1CN(C)C(=O)[C@@H]2CCN(C(=O)N3CCCC3)CC[C@H]12. The number of amides is 3. The van der Waals surface area contributed by atoms with Crippen LogP contribution < -0.4 is 0 Å². The summed E-state index contributed by atoms with van der Waals surface area (Å²) < 4.78 is 5.38. The lowest BCUT2D eigenvalue weighted by Gasteiger charge is -2.40. The fraction of sp³-hybridized carbons (Fsp3) is 0.882. The van der Waals surface area contributed by atoms with Crippen molar-refractivity contribution in [2.45, 2.75) is 25.7 Å². The van der Waals surface area contributed by atoms with Gasteiger partial charge in [-0.15, -0.1) is 0 Å². The van der Waals surface area contributed by atoms with Gasteiger partial charge in [-0.1, -0.05) is 0 Å². The number of carbonyl (C=O) groups excluding carboxylic acids is 2. The number of carbonyl (C=O) groups is 2. The molecule has 0 aromatic carbocycles. The Kier molecular flexibility index (Phi) is 5.09. The fourth-order valence-corrected chi connectivity index (χ4v) is 4.55. The van der Waals surface area contributed by atoms with Gasteiger partial charge in [0.25, 0.3) is 0 Å². The first-order chi connectivity index (χ1) is 11.1. The van der Waals surface area contributed by atoms with Crippen LogP contribution in [-0.4, -0.2) is 80.1 Å². The molecule has 130 valence electrons. The van der Waals surface area contributed by atoms with Crippen molar-refractivity contribution in [3.05, 3.63) is 0 Å². The Morgan fingerprint density at radius 2 is 1.78 bits per heavy atom. The molecule has 3 fully saturated rings. The second kappa shape index (κ2) is 7.07. The predicted octanol–water partition coefficient (Wildman–Crippen LogP) is 1.27.